The van der Waals surface area contributed by atoms with Gasteiger partial charge in [-0.3, -0.25) is 9.59 Å². The molecule has 0 unspecified atom stereocenters. The molecule has 1 N–H and O–H groups in total. The zero-order valence-electron chi connectivity index (χ0n) is 18.6. The van der Waals surface area contributed by atoms with E-state index in [0.717, 1.165) is 49.2 Å². The van der Waals surface area contributed by atoms with E-state index in [4.69, 9.17) is 0 Å². The van der Waals surface area contributed by atoms with E-state index in [1.807, 2.05) is 0 Å². The fourth-order valence-corrected chi connectivity index (χ4v) is 3.14. The van der Waals surface area contributed by atoms with Crippen molar-refractivity contribution < 1.29 is 37.0 Å². The normalized spacial score (nSPS) is 11.0. The Labute approximate surface area is 196 Å². The number of methoxy groups -OCH3 is 2. The fourth-order valence-electron chi connectivity index (χ4n) is 3.14. The van der Waals surface area contributed by atoms with E-state index in [0.29, 0.717) is 0 Å². The van der Waals surface area contributed by atoms with Crippen LogP contribution < -0.4 is 10.7 Å². The van der Waals surface area contributed by atoms with Gasteiger partial charge in [0.25, 0.3) is 5.91 Å². The number of nitrogens with zero attached hydrogens (tertiary/aromatic N) is 2. The minimum Gasteiger partial charge on any atom is -0.465 e. The maximum absolute atomic E-state index is 13.1. The van der Waals surface area contributed by atoms with Crippen LogP contribution in [0.1, 0.15) is 42.5 Å². The van der Waals surface area contributed by atoms with Crippen molar-refractivity contribution >= 4 is 23.5 Å². The molecule has 35 heavy (non-hydrogen) atoms. The lowest BCUT2D eigenvalue weighted by Crippen LogP contribution is -2.27. The van der Waals surface area contributed by atoms with Gasteiger partial charge in [0, 0.05) is 11.8 Å². The van der Waals surface area contributed by atoms with Crippen LogP contribution in [0.15, 0.2) is 53.3 Å². The van der Waals surface area contributed by atoms with Gasteiger partial charge in [0.05, 0.1) is 42.3 Å². The Morgan fingerprint density at radius 2 is 1.66 bits per heavy atom. The van der Waals surface area contributed by atoms with E-state index < -0.39 is 40.7 Å². The summed E-state index contributed by atoms with van der Waals surface area (Å²) in [5.74, 6) is -2.66. The molecule has 0 aliphatic heterocycles. The number of nitrogens with one attached hydrogen (secondary N) is 1. The minimum absolute atomic E-state index is 0.00584. The standard InChI is InChI=1S/C23H18F3N3O6/c1-12-9-18(30)19(28-29(12)15-6-4-5-14(11-15)23(24,25)26)20(31)27-17-10-13(21(32)34-2)7-8-16(17)22(33)35-3/h4-11H,1-3H3,(H,27,31). The summed E-state index contributed by atoms with van der Waals surface area (Å²) in [7, 11) is 2.25. The number of benzene rings is 2. The van der Waals surface area contributed by atoms with Gasteiger partial charge >= 0.3 is 18.1 Å². The highest BCUT2D eigenvalue weighted by molar-refractivity contribution is 6.08. The summed E-state index contributed by atoms with van der Waals surface area (Å²) in [5.41, 5.74) is -2.57. The third-order valence-corrected chi connectivity index (χ3v) is 4.83. The lowest BCUT2D eigenvalue weighted by Gasteiger charge is -2.14. The molecule has 1 heterocycles. The molecular formula is C23H18F3N3O6. The molecule has 0 saturated heterocycles. The molecule has 1 amide bonds. The van der Waals surface area contributed by atoms with Crippen LogP contribution in [0.2, 0.25) is 0 Å². The number of aryl methyl sites for hydroxylation is 1. The number of esters is 2. The SMILES string of the molecule is COC(=O)c1ccc(C(=O)OC)c(NC(=O)c2nn(-c3cccc(C(F)(F)F)c3)c(C)cc2=O)c1. The molecule has 0 aliphatic rings. The molecule has 2 aromatic carbocycles. The van der Waals surface area contributed by atoms with Gasteiger partial charge in [-0.05, 0) is 43.3 Å². The van der Waals surface area contributed by atoms with Gasteiger partial charge in [-0.15, -0.1) is 0 Å². The van der Waals surface area contributed by atoms with Crippen molar-refractivity contribution in [1.82, 2.24) is 9.78 Å². The number of hydrogen-bond acceptors (Lipinski definition) is 7. The number of hydrogen-bond donors (Lipinski definition) is 1. The average molecular weight is 489 g/mol. The van der Waals surface area contributed by atoms with E-state index in [1.54, 1.807) is 0 Å². The van der Waals surface area contributed by atoms with Gasteiger partial charge in [-0.25, -0.2) is 14.3 Å². The lowest BCUT2D eigenvalue weighted by molar-refractivity contribution is -0.137. The highest BCUT2D eigenvalue weighted by Crippen LogP contribution is 2.30. The van der Waals surface area contributed by atoms with Crippen molar-refractivity contribution in [3.05, 3.63) is 86.8 Å². The van der Waals surface area contributed by atoms with E-state index >= 15 is 0 Å². The first kappa shape index (κ1) is 25.1. The molecule has 3 aromatic rings. The van der Waals surface area contributed by atoms with E-state index in [2.05, 4.69) is 19.9 Å². The molecule has 0 spiro atoms. The number of halogens is 3. The second-order valence-corrected chi connectivity index (χ2v) is 7.16. The molecule has 12 heteroatoms. The largest absolute Gasteiger partial charge is 0.465 e. The summed E-state index contributed by atoms with van der Waals surface area (Å²) in [6.45, 7) is 1.44. The third-order valence-electron chi connectivity index (χ3n) is 4.83. The number of aromatic nitrogens is 2. The van der Waals surface area contributed by atoms with Crippen LogP contribution in [0.3, 0.4) is 0 Å². The van der Waals surface area contributed by atoms with Crippen molar-refractivity contribution in [2.45, 2.75) is 13.1 Å². The van der Waals surface area contributed by atoms with Gasteiger partial charge in [0.2, 0.25) is 5.43 Å². The predicted molar refractivity (Wildman–Crippen MR) is 117 cm³/mol. The zero-order valence-corrected chi connectivity index (χ0v) is 18.6. The Bertz CT molecular complexity index is 1380. The molecule has 9 nitrogen and oxygen atoms in total. The van der Waals surface area contributed by atoms with Crippen molar-refractivity contribution in [2.24, 2.45) is 0 Å². The maximum atomic E-state index is 13.1. The number of carbonyl (C=O) groups excluding carboxylic acids is 3. The molecular weight excluding hydrogens is 471 g/mol. The Hall–Kier alpha value is -4.48. The van der Waals surface area contributed by atoms with Gasteiger partial charge in [0.1, 0.15) is 0 Å². The van der Waals surface area contributed by atoms with Crippen LogP contribution in [0.25, 0.3) is 5.69 Å². The summed E-state index contributed by atoms with van der Waals surface area (Å²) in [4.78, 5) is 49.4. The van der Waals surface area contributed by atoms with Crippen molar-refractivity contribution in [1.29, 1.82) is 0 Å². The quantitative estimate of drug-likeness (QED) is 0.546. The number of carbonyl (C=O) groups is 3. The lowest BCUT2D eigenvalue weighted by atomic mass is 10.1. The van der Waals surface area contributed by atoms with E-state index in [9.17, 15) is 32.3 Å². The number of rotatable bonds is 5. The Morgan fingerprint density at radius 3 is 2.29 bits per heavy atom. The molecule has 1 aromatic heterocycles. The highest BCUT2D eigenvalue weighted by Gasteiger charge is 2.31. The van der Waals surface area contributed by atoms with Gasteiger partial charge in [-0.2, -0.15) is 18.3 Å². The number of anilines is 1. The smallest absolute Gasteiger partial charge is 0.416 e. The Kier molecular flexibility index (Phi) is 7.04. The Balaban J connectivity index is 2.06. The summed E-state index contributed by atoms with van der Waals surface area (Å²) in [6, 6.07) is 8.87. The highest BCUT2D eigenvalue weighted by atomic mass is 19.4. The first-order valence-electron chi connectivity index (χ1n) is 9.87. The van der Waals surface area contributed by atoms with Gasteiger partial charge in [-0.1, -0.05) is 6.07 Å². The van der Waals surface area contributed by atoms with Crippen LogP contribution in [0, 0.1) is 6.92 Å². The van der Waals surface area contributed by atoms with Crippen LogP contribution in [0.5, 0.6) is 0 Å². The fraction of sp³-hybridized carbons (Fsp3) is 0.174. The second kappa shape index (κ2) is 9.79. The average Bonchev–Trinajstić information content (AvgIpc) is 2.82. The number of alkyl halides is 3. The van der Waals surface area contributed by atoms with Crippen LogP contribution in [-0.2, 0) is 15.7 Å². The molecule has 3 rings (SSSR count). The van der Waals surface area contributed by atoms with Gasteiger partial charge in [0.15, 0.2) is 5.69 Å². The monoisotopic (exact) mass is 489 g/mol. The topological polar surface area (TPSA) is 117 Å². The van der Waals surface area contributed by atoms with Crippen LogP contribution in [0.4, 0.5) is 18.9 Å². The Morgan fingerprint density at radius 1 is 0.971 bits per heavy atom. The van der Waals surface area contributed by atoms with Crippen LogP contribution >= 0.6 is 0 Å². The summed E-state index contributed by atoms with van der Waals surface area (Å²) >= 11 is 0. The molecule has 182 valence electrons. The molecule has 0 bridgehead atoms. The molecule has 0 radical (unpaired) electrons. The summed E-state index contributed by atoms with van der Waals surface area (Å²) < 4.78 is 49.7. The number of ether oxygens (including phenoxy) is 2. The van der Waals surface area contributed by atoms with E-state index in [1.165, 1.54) is 25.1 Å². The first-order chi connectivity index (χ1) is 16.5. The van der Waals surface area contributed by atoms with Crippen molar-refractivity contribution in [3.8, 4) is 5.69 Å². The molecule has 0 aliphatic carbocycles. The summed E-state index contributed by atoms with van der Waals surface area (Å²) in [5, 5.41) is 6.28. The molecule has 0 saturated carbocycles. The third kappa shape index (κ3) is 5.37. The maximum Gasteiger partial charge on any atom is 0.416 e. The minimum atomic E-state index is -4.61. The first-order valence-corrected chi connectivity index (χ1v) is 9.87. The van der Waals surface area contributed by atoms with Crippen molar-refractivity contribution in [3.63, 3.8) is 0 Å². The zero-order chi connectivity index (χ0) is 25.9. The van der Waals surface area contributed by atoms with Gasteiger partial charge < -0.3 is 14.8 Å². The molecule has 0 fully saturated rings. The van der Waals surface area contributed by atoms with Crippen LogP contribution in [-0.4, -0.2) is 41.8 Å². The second-order valence-electron chi connectivity index (χ2n) is 7.16. The van der Waals surface area contributed by atoms with E-state index in [-0.39, 0.29) is 28.2 Å². The number of amides is 1. The summed E-state index contributed by atoms with van der Waals surface area (Å²) in [6.07, 6.45) is -4.61. The molecule has 0 atom stereocenters. The predicted octanol–water partition coefficient (Wildman–Crippen LogP) is 3.39. The van der Waals surface area contributed by atoms with Crippen molar-refractivity contribution in [2.75, 3.05) is 19.5 Å².